The van der Waals surface area contributed by atoms with E-state index in [0.29, 0.717) is 23.6 Å². The van der Waals surface area contributed by atoms with Crippen LogP contribution in [0.1, 0.15) is 33.1 Å². The summed E-state index contributed by atoms with van der Waals surface area (Å²) in [6.45, 7) is 8.32. The van der Waals surface area contributed by atoms with Gasteiger partial charge in [0.1, 0.15) is 12.0 Å². The number of nitrogens with one attached hydrogen (secondary N) is 1. The lowest BCUT2D eigenvalue weighted by Crippen LogP contribution is -2.59. The summed E-state index contributed by atoms with van der Waals surface area (Å²) in [5, 5.41) is 5.61. The molecule has 1 spiro atoms. The second kappa shape index (κ2) is 9.08. The number of hydrogen-bond donors (Lipinski definition) is 1. The van der Waals surface area contributed by atoms with Crippen molar-refractivity contribution in [2.75, 3.05) is 56.2 Å². The van der Waals surface area contributed by atoms with Crippen molar-refractivity contribution in [2.24, 2.45) is 11.3 Å². The van der Waals surface area contributed by atoms with Crippen LogP contribution >= 0.6 is 11.6 Å². The number of rotatable bonds is 6. The number of carbonyl (C=O) groups excluding carboxylic acids is 1. The van der Waals surface area contributed by atoms with E-state index < -0.39 is 11.7 Å². The molecule has 0 radical (unpaired) electrons. The molecule has 6 rings (SSSR count). The molecular weight excluding hydrogens is 483 g/mol. The minimum Gasteiger partial charge on any atom is -0.378 e. The summed E-state index contributed by atoms with van der Waals surface area (Å²) in [7, 11) is 0. The topological polar surface area (TPSA) is 66.9 Å². The summed E-state index contributed by atoms with van der Waals surface area (Å²) in [4.78, 5) is 21.8. The first-order valence-electron chi connectivity index (χ1n) is 13.0. The number of ether oxygens (including phenoxy) is 2. The Kier molecular flexibility index (Phi) is 6.14. The zero-order valence-corrected chi connectivity index (χ0v) is 21.7. The maximum absolute atomic E-state index is 14.5. The van der Waals surface area contributed by atoms with E-state index in [2.05, 4.69) is 26.2 Å². The molecule has 2 saturated heterocycles. The van der Waals surface area contributed by atoms with Crippen LogP contribution in [0.5, 0.6) is 0 Å². The normalized spacial score (nSPS) is 34.2. The standard InChI is InChI=1S/C27H34ClFN4O3/c1-3-36-19-11-27(12-19)13-20(27)25(34)31-24-10-17-9-22(21(28)8-18(17)14-30-24)32-4-6-33(7-5-32)26(2)16-35-15-23(26)29/h8-10,14,19-20,23H,3-7,11-13,15-16H2,1-2H3,(H,30,31,34)/t19?,20-,23+,26-,27?/m0/s1. The number of nitrogens with zero attached hydrogens (tertiary/aromatic N) is 3. The zero-order valence-electron chi connectivity index (χ0n) is 20.9. The number of amides is 1. The first-order valence-corrected chi connectivity index (χ1v) is 13.4. The molecule has 4 aliphatic rings. The van der Waals surface area contributed by atoms with Gasteiger partial charge in [-0.15, -0.1) is 0 Å². The Balaban J connectivity index is 1.12. The van der Waals surface area contributed by atoms with Crippen LogP contribution in [-0.4, -0.2) is 79.6 Å². The van der Waals surface area contributed by atoms with Gasteiger partial charge < -0.3 is 19.7 Å². The van der Waals surface area contributed by atoms with Crippen molar-refractivity contribution < 1.29 is 18.7 Å². The molecule has 1 amide bonds. The Hall–Kier alpha value is -2.00. The minimum atomic E-state index is -0.963. The SMILES string of the molecule is CCOC1CC2(C1)C[C@H]2C(=O)Nc1cc2cc(N3CCN([C@@]4(C)COC[C@H]4F)CC3)c(Cl)cc2cn1. The molecule has 0 unspecified atom stereocenters. The van der Waals surface area contributed by atoms with Crippen molar-refractivity contribution in [3.05, 3.63) is 29.4 Å². The Morgan fingerprint density at radius 1 is 1.22 bits per heavy atom. The molecule has 2 aliphatic carbocycles. The van der Waals surface area contributed by atoms with Gasteiger partial charge >= 0.3 is 0 Å². The first-order chi connectivity index (χ1) is 17.3. The quantitative estimate of drug-likeness (QED) is 0.618. The van der Waals surface area contributed by atoms with Crippen LogP contribution in [0.15, 0.2) is 24.4 Å². The fourth-order valence-corrected chi connectivity index (χ4v) is 6.73. The number of aromatic nitrogens is 1. The predicted octanol–water partition coefficient (Wildman–Crippen LogP) is 4.28. The van der Waals surface area contributed by atoms with E-state index in [9.17, 15) is 9.18 Å². The second-order valence-electron chi connectivity index (χ2n) is 11.1. The van der Waals surface area contributed by atoms with Gasteiger partial charge in [-0.25, -0.2) is 9.37 Å². The van der Waals surface area contributed by atoms with E-state index in [1.165, 1.54) is 0 Å². The predicted molar refractivity (Wildman–Crippen MR) is 138 cm³/mol. The molecule has 9 heteroatoms. The molecule has 36 heavy (non-hydrogen) atoms. The molecule has 2 saturated carbocycles. The van der Waals surface area contributed by atoms with Crippen molar-refractivity contribution in [3.63, 3.8) is 0 Å². The number of pyridine rings is 1. The Morgan fingerprint density at radius 3 is 2.69 bits per heavy atom. The maximum atomic E-state index is 14.5. The highest BCUT2D eigenvalue weighted by Gasteiger charge is 2.64. The molecule has 2 aliphatic heterocycles. The summed E-state index contributed by atoms with van der Waals surface area (Å²) in [6, 6.07) is 5.92. The Morgan fingerprint density at radius 2 is 2.00 bits per heavy atom. The van der Waals surface area contributed by atoms with Crippen LogP contribution in [-0.2, 0) is 14.3 Å². The molecule has 2 aromatic rings. The zero-order chi connectivity index (χ0) is 25.1. The summed E-state index contributed by atoms with van der Waals surface area (Å²) in [6.07, 6.45) is 4.02. The summed E-state index contributed by atoms with van der Waals surface area (Å²) in [5.74, 6) is 0.675. The van der Waals surface area contributed by atoms with Gasteiger partial charge in [-0.3, -0.25) is 9.69 Å². The number of halogens is 2. The molecule has 1 aromatic carbocycles. The van der Waals surface area contributed by atoms with Crippen LogP contribution < -0.4 is 10.2 Å². The van der Waals surface area contributed by atoms with E-state index in [1.54, 1.807) is 6.20 Å². The minimum absolute atomic E-state index is 0.0534. The Labute approximate surface area is 216 Å². The monoisotopic (exact) mass is 516 g/mol. The molecule has 3 atom stereocenters. The van der Waals surface area contributed by atoms with Gasteiger partial charge in [0, 0.05) is 50.3 Å². The van der Waals surface area contributed by atoms with E-state index >= 15 is 0 Å². The molecule has 7 nitrogen and oxygen atoms in total. The van der Waals surface area contributed by atoms with Crippen molar-refractivity contribution in [3.8, 4) is 0 Å². The van der Waals surface area contributed by atoms with Gasteiger partial charge in [-0.05, 0) is 62.1 Å². The molecule has 0 bridgehead atoms. The van der Waals surface area contributed by atoms with E-state index in [1.807, 2.05) is 26.0 Å². The number of carbonyl (C=O) groups is 1. The highest BCUT2D eigenvalue weighted by atomic mass is 35.5. The first kappa shape index (κ1) is 24.3. The largest absolute Gasteiger partial charge is 0.378 e. The van der Waals surface area contributed by atoms with Gasteiger partial charge in [0.05, 0.1) is 35.6 Å². The van der Waals surface area contributed by atoms with Crippen LogP contribution in [0.2, 0.25) is 5.02 Å². The third kappa shape index (κ3) is 4.16. The van der Waals surface area contributed by atoms with E-state index in [4.69, 9.17) is 21.1 Å². The number of anilines is 2. The van der Waals surface area contributed by atoms with E-state index in [0.717, 1.165) is 68.5 Å². The van der Waals surface area contributed by atoms with Crippen LogP contribution in [0.3, 0.4) is 0 Å². The van der Waals surface area contributed by atoms with Crippen molar-refractivity contribution in [1.82, 2.24) is 9.88 Å². The average Bonchev–Trinajstić information content (AvgIpc) is 3.50. The molecular formula is C27H34ClFN4O3. The van der Waals surface area contributed by atoms with Gasteiger partial charge in [0.25, 0.3) is 0 Å². The van der Waals surface area contributed by atoms with Crippen molar-refractivity contribution in [2.45, 2.75) is 50.9 Å². The molecule has 1 aromatic heterocycles. The maximum Gasteiger partial charge on any atom is 0.229 e. The van der Waals surface area contributed by atoms with Crippen molar-refractivity contribution >= 4 is 39.8 Å². The molecule has 1 N–H and O–H groups in total. The summed E-state index contributed by atoms with van der Waals surface area (Å²) >= 11 is 6.67. The lowest BCUT2D eigenvalue weighted by atomic mass is 9.77. The molecule has 3 heterocycles. The van der Waals surface area contributed by atoms with Crippen LogP contribution in [0, 0.1) is 11.3 Å². The summed E-state index contributed by atoms with van der Waals surface area (Å²) < 4.78 is 25.5. The highest BCUT2D eigenvalue weighted by Crippen LogP contribution is 2.66. The molecule has 4 fully saturated rings. The fourth-order valence-electron chi connectivity index (χ4n) is 6.43. The lowest BCUT2D eigenvalue weighted by Gasteiger charge is -2.44. The number of benzene rings is 1. The number of piperazine rings is 1. The van der Waals surface area contributed by atoms with Gasteiger partial charge in [-0.1, -0.05) is 11.6 Å². The lowest BCUT2D eigenvalue weighted by molar-refractivity contribution is -0.120. The Bertz CT molecular complexity index is 1170. The third-order valence-electron chi connectivity index (χ3n) is 8.89. The highest BCUT2D eigenvalue weighted by molar-refractivity contribution is 6.34. The van der Waals surface area contributed by atoms with Crippen molar-refractivity contribution in [1.29, 1.82) is 0 Å². The summed E-state index contributed by atoms with van der Waals surface area (Å²) in [5.41, 5.74) is 0.546. The van der Waals surface area contributed by atoms with Gasteiger partial charge in [0.15, 0.2) is 0 Å². The van der Waals surface area contributed by atoms with E-state index in [-0.39, 0.29) is 23.8 Å². The third-order valence-corrected chi connectivity index (χ3v) is 9.19. The number of hydrogen-bond acceptors (Lipinski definition) is 6. The van der Waals surface area contributed by atoms with Gasteiger partial charge in [-0.2, -0.15) is 0 Å². The smallest absolute Gasteiger partial charge is 0.229 e. The van der Waals surface area contributed by atoms with Crippen LogP contribution in [0.4, 0.5) is 15.9 Å². The number of fused-ring (bicyclic) bond motifs is 1. The fraction of sp³-hybridized carbons (Fsp3) is 0.630. The van der Waals surface area contributed by atoms with Gasteiger partial charge in [0.2, 0.25) is 5.91 Å². The average molecular weight is 517 g/mol. The number of alkyl halides is 1. The molecule has 194 valence electrons. The second-order valence-corrected chi connectivity index (χ2v) is 11.5. The van der Waals surface area contributed by atoms with Crippen LogP contribution in [0.25, 0.3) is 10.8 Å².